The summed E-state index contributed by atoms with van der Waals surface area (Å²) < 4.78 is 18.2. The van der Waals surface area contributed by atoms with Crippen LogP contribution in [0.5, 0.6) is 5.75 Å². The number of hydrogen-bond acceptors (Lipinski definition) is 9. The SMILES string of the molecule is CCOC(=O)COc1cccc(CN(CCCn2c(CCOC)nc3c(N)nc4ccccc4c32)C(=O)CN(CC)CC)c1. The quantitative estimate of drug-likeness (QED) is 0.178. The standard InChI is InChI=1S/C33H44N6O5/c1-5-37(6-2)22-29(40)38(21-24-12-10-13-25(20-24)44-23-30(41)43-7-3)17-11-18-39-28(16-19-42-4)36-31-32(39)26-14-8-9-15-27(26)35-33(31)34/h8-10,12-15,20H,5-7,11,16-19,21-23H2,1-4H3,(H2,34,35). The lowest BCUT2D eigenvalue weighted by Gasteiger charge is -2.27. The van der Waals surface area contributed by atoms with E-state index in [9.17, 15) is 9.59 Å². The number of carbonyl (C=O) groups excluding carboxylic acids is 2. The average Bonchev–Trinajstić information content (AvgIpc) is 3.40. The third kappa shape index (κ3) is 8.23. The number of likely N-dealkylation sites (N-methyl/N-ethyl adjacent to an activating group) is 1. The number of amides is 1. The summed E-state index contributed by atoms with van der Waals surface area (Å²) in [6.07, 6.45) is 1.33. The molecular weight excluding hydrogens is 560 g/mol. The smallest absolute Gasteiger partial charge is 0.344 e. The van der Waals surface area contributed by atoms with Crippen LogP contribution in [-0.2, 0) is 38.6 Å². The molecule has 4 aromatic rings. The highest BCUT2D eigenvalue weighted by Crippen LogP contribution is 2.29. The molecular formula is C33H44N6O5. The van der Waals surface area contributed by atoms with Crippen LogP contribution in [0, 0.1) is 0 Å². The predicted molar refractivity (Wildman–Crippen MR) is 171 cm³/mol. The maximum Gasteiger partial charge on any atom is 0.344 e. The number of anilines is 1. The van der Waals surface area contributed by atoms with Gasteiger partial charge in [0.05, 0.1) is 30.8 Å². The molecule has 1 amide bonds. The topological polar surface area (TPSA) is 125 Å². The maximum absolute atomic E-state index is 13.6. The highest BCUT2D eigenvalue weighted by Gasteiger charge is 2.20. The molecule has 0 unspecified atom stereocenters. The molecule has 2 aromatic carbocycles. The van der Waals surface area contributed by atoms with Crippen molar-refractivity contribution in [1.82, 2.24) is 24.3 Å². The fourth-order valence-corrected chi connectivity index (χ4v) is 5.28. The van der Waals surface area contributed by atoms with Crippen LogP contribution in [-0.4, -0.2) is 89.3 Å². The zero-order chi connectivity index (χ0) is 31.5. The molecule has 0 aliphatic carbocycles. The predicted octanol–water partition coefficient (Wildman–Crippen LogP) is 4.06. The van der Waals surface area contributed by atoms with E-state index < -0.39 is 5.97 Å². The van der Waals surface area contributed by atoms with Crippen LogP contribution in [0.4, 0.5) is 5.82 Å². The normalized spacial score (nSPS) is 11.4. The molecule has 11 heteroatoms. The number of esters is 1. The second-order valence-corrected chi connectivity index (χ2v) is 10.5. The van der Waals surface area contributed by atoms with Gasteiger partial charge in [-0.15, -0.1) is 0 Å². The van der Waals surface area contributed by atoms with Crippen molar-refractivity contribution < 1.29 is 23.8 Å². The molecule has 0 aliphatic heterocycles. The van der Waals surface area contributed by atoms with Gasteiger partial charge in [0, 0.05) is 38.6 Å². The van der Waals surface area contributed by atoms with Gasteiger partial charge in [-0.25, -0.2) is 14.8 Å². The lowest BCUT2D eigenvalue weighted by atomic mass is 10.1. The molecule has 0 spiro atoms. The molecule has 0 radical (unpaired) electrons. The van der Waals surface area contributed by atoms with Gasteiger partial charge >= 0.3 is 5.97 Å². The van der Waals surface area contributed by atoms with Crippen molar-refractivity contribution in [3.05, 3.63) is 59.9 Å². The first-order valence-corrected chi connectivity index (χ1v) is 15.3. The zero-order valence-corrected chi connectivity index (χ0v) is 26.3. The Morgan fingerprint density at radius 3 is 2.57 bits per heavy atom. The van der Waals surface area contributed by atoms with Crippen molar-refractivity contribution >= 4 is 39.6 Å². The number of nitrogens with zero attached hydrogens (tertiary/aromatic N) is 5. The molecule has 2 aromatic heterocycles. The van der Waals surface area contributed by atoms with Crippen molar-refractivity contribution in [1.29, 1.82) is 0 Å². The molecule has 0 saturated heterocycles. The largest absolute Gasteiger partial charge is 0.482 e. The summed E-state index contributed by atoms with van der Waals surface area (Å²) in [6.45, 7) is 10.0. The van der Waals surface area contributed by atoms with Crippen LogP contribution in [0.3, 0.4) is 0 Å². The first kappa shape index (κ1) is 32.7. The van der Waals surface area contributed by atoms with Gasteiger partial charge in [-0.2, -0.15) is 0 Å². The lowest BCUT2D eigenvalue weighted by Crippen LogP contribution is -2.40. The van der Waals surface area contributed by atoms with Gasteiger partial charge in [-0.05, 0) is 50.2 Å². The van der Waals surface area contributed by atoms with E-state index in [2.05, 4.69) is 28.3 Å². The number of rotatable bonds is 17. The van der Waals surface area contributed by atoms with E-state index in [1.54, 1.807) is 20.1 Å². The molecule has 2 heterocycles. The summed E-state index contributed by atoms with van der Waals surface area (Å²) in [4.78, 5) is 38.8. The van der Waals surface area contributed by atoms with Gasteiger partial charge < -0.3 is 29.4 Å². The van der Waals surface area contributed by atoms with Crippen molar-refractivity contribution in [3.8, 4) is 5.75 Å². The Morgan fingerprint density at radius 1 is 1.02 bits per heavy atom. The summed E-state index contributed by atoms with van der Waals surface area (Å²) in [5, 5.41) is 0.988. The highest BCUT2D eigenvalue weighted by atomic mass is 16.6. The summed E-state index contributed by atoms with van der Waals surface area (Å²) >= 11 is 0. The van der Waals surface area contributed by atoms with Crippen LogP contribution >= 0.6 is 0 Å². The van der Waals surface area contributed by atoms with E-state index in [1.807, 2.05) is 47.4 Å². The number of ether oxygens (including phenoxy) is 3. The number of nitrogen functional groups attached to an aromatic ring is 1. The highest BCUT2D eigenvalue weighted by molar-refractivity contribution is 6.06. The third-order valence-electron chi connectivity index (χ3n) is 7.57. The number of fused-ring (bicyclic) bond motifs is 3. The van der Waals surface area contributed by atoms with Gasteiger partial charge in [0.15, 0.2) is 12.4 Å². The molecule has 0 fully saturated rings. The van der Waals surface area contributed by atoms with Gasteiger partial charge in [-0.1, -0.05) is 44.2 Å². The van der Waals surface area contributed by atoms with Crippen molar-refractivity contribution in [2.75, 3.05) is 58.8 Å². The second kappa shape index (κ2) is 16.0. The number of aryl methyl sites for hydroxylation is 1. The molecule has 0 atom stereocenters. The Hall–Kier alpha value is -4.22. The van der Waals surface area contributed by atoms with Crippen molar-refractivity contribution in [3.63, 3.8) is 0 Å². The fourth-order valence-electron chi connectivity index (χ4n) is 5.28. The average molecular weight is 605 g/mol. The van der Waals surface area contributed by atoms with E-state index >= 15 is 0 Å². The number of hydrogen-bond donors (Lipinski definition) is 1. The third-order valence-corrected chi connectivity index (χ3v) is 7.57. The Balaban J connectivity index is 1.57. The van der Waals surface area contributed by atoms with Crippen LogP contribution < -0.4 is 10.5 Å². The van der Waals surface area contributed by atoms with E-state index in [-0.39, 0.29) is 12.5 Å². The molecule has 4 rings (SSSR count). The van der Waals surface area contributed by atoms with E-state index in [0.29, 0.717) is 69.3 Å². The van der Waals surface area contributed by atoms with Crippen LogP contribution in [0.2, 0.25) is 0 Å². The molecule has 0 aliphatic rings. The number of para-hydroxylation sites is 1. The summed E-state index contributed by atoms with van der Waals surface area (Å²) in [7, 11) is 1.68. The number of imidazole rings is 1. The monoisotopic (exact) mass is 604 g/mol. The first-order chi connectivity index (χ1) is 21.4. The Labute approximate surface area is 258 Å². The van der Waals surface area contributed by atoms with Gasteiger partial charge in [-0.3, -0.25) is 9.69 Å². The van der Waals surface area contributed by atoms with Crippen LogP contribution in [0.25, 0.3) is 21.9 Å². The van der Waals surface area contributed by atoms with E-state index in [0.717, 1.165) is 40.9 Å². The Kier molecular flexibility index (Phi) is 11.9. The number of benzene rings is 2. The van der Waals surface area contributed by atoms with E-state index in [1.165, 1.54) is 0 Å². The van der Waals surface area contributed by atoms with Gasteiger partial charge in [0.2, 0.25) is 5.91 Å². The van der Waals surface area contributed by atoms with Crippen molar-refractivity contribution in [2.24, 2.45) is 0 Å². The molecule has 236 valence electrons. The maximum atomic E-state index is 13.6. The summed E-state index contributed by atoms with van der Waals surface area (Å²) in [5.74, 6) is 1.46. The van der Waals surface area contributed by atoms with Gasteiger partial charge in [0.25, 0.3) is 0 Å². The zero-order valence-electron chi connectivity index (χ0n) is 26.3. The molecule has 0 saturated carbocycles. The Morgan fingerprint density at radius 2 is 1.82 bits per heavy atom. The lowest BCUT2D eigenvalue weighted by molar-refractivity contribution is -0.145. The first-order valence-electron chi connectivity index (χ1n) is 15.3. The summed E-state index contributed by atoms with van der Waals surface area (Å²) in [5.41, 5.74) is 9.73. The van der Waals surface area contributed by atoms with Gasteiger partial charge in [0.1, 0.15) is 17.1 Å². The number of methoxy groups -OCH3 is 1. The summed E-state index contributed by atoms with van der Waals surface area (Å²) in [6, 6.07) is 15.4. The second-order valence-electron chi connectivity index (χ2n) is 10.5. The molecule has 11 nitrogen and oxygen atoms in total. The fraction of sp³-hybridized carbons (Fsp3) is 0.455. The number of aromatic nitrogens is 3. The number of pyridine rings is 1. The van der Waals surface area contributed by atoms with E-state index in [4.69, 9.17) is 24.9 Å². The number of nitrogens with two attached hydrogens (primary N) is 1. The van der Waals surface area contributed by atoms with Crippen LogP contribution in [0.15, 0.2) is 48.5 Å². The minimum atomic E-state index is -0.420. The minimum absolute atomic E-state index is 0.0561. The van der Waals surface area contributed by atoms with Crippen molar-refractivity contribution in [2.45, 2.75) is 46.7 Å². The molecule has 0 bridgehead atoms. The minimum Gasteiger partial charge on any atom is -0.482 e. The van der Waals surface area contributed by atoms with Crippen LogP contribution in [0.1, 0.15) is 38.6 Å². The molecule has 44 heavy (non-hydrogen) atoms. The Bertz CT molecular complexity index is 1550. The number of carbonyl (C=O) groups is 2. The molecule has 2 N–H and O–H groups in total.